The van der Waals surface area contributed by atoms with E-state index in [1.165, 1.54) is 6.26 Å². The molecule has 0 radical (unpaired) electrons. The van der Waals surface area contributed by atoms with Gasteiger partial charge in [0.05, 0.1) is 6.26 Å². The highest BCUT2D eigenvalue weighted by molar-refractivity contribution is 5.91. The van der Waals surface area contributed by atoms with Gasteiger partial charge in [0, 0.05) is 19.1 Å². The highest BCUT2D eigenvalue weighted by Gasteiger charge is 2.23. The van der Waals surface area contributed by atoms with Gasteiger partial charge in [0.25, 0.3) is 5.91 Å². The van der Waals surface area contributed by atoms with E-state index < -0.39 is 0 Å². The maximum absolute atomic E-state index is 11.5. The standard InChI is InChI=1S/C10H12N2O3.C2H6/c13-7-12-4-3-8(6-12)11-10(14)9-2-1-5-15-9;1-2/h1-2,5,7-8H,3-4,6H2,(H,11,14);1-2H3. The molecule has 5 nitrogen and oxygen atoms in total. The Bertz CT molecular complexity index is 349. The summed E-state index contributed by atoms with van der Waals surface area (Å²) in [4.78, 5) is 23.7. The molecule has 0 saturated carbocycles. The van der Waals surface area contributed by atoms with Crippen molar-refractivity contribution in [3.8, 4) is 0 Å². The maximum atomic E-state index is 11.5. The summed E-state index contributed by atoms with van der Waals surface area (Å²) >= 11 is 0. The van der Waals surface area contributed by atoms with Crippen LogP contribution in [-0.2, 0) is 4.79 Å². The summed E-state index contributed by atoms with van der Waals surface area (Å²) in [6.07, 6.45) is 3.06. The molecule has 1 atom stereocenters. The monoisotopic (exact) mass is 238 g/mol. The quantitative estimate of drug-likeness (QED) is 0.806. The third kappa shape index (κ3) is 3.62. The Morgan fingerprint density at radius 1 is 1.59 bits per heavy atom. The first kappa shape index (κ1) is 13.3. The van der Waals surface area contributed by atoms with E-state index in [1.807, 2.05) is 13.8 Å². The number of hydrogen-bond donors (Lipinski definition) is 1. The minimum Gasteiger partial charge on any atom is -0.459 e. The molecule has 0 spiro atoms. The van der Waals surface area contributed by atoms with E-state index in [4.69, 9.17) is 4.42 Å². The van der Waals surface area contributed by atoms with Crippen molar-refractivity contribution in [3.63, 3.8) is 0 Å². The summed E-state index contributed by atoms with van der Waals surface area (Å²) in [5, 5.41) is 2.81. The van der Waals surface area contributed by atoms with Crippen molar-refractivity contribution in [2.45, 2.75) is 26.3 Å². The van der Waals surface area contributed by atoms with Crippen molar-refractivity contribution in [1.29, 1.82) is 0 Å². The Hall–Kier alpha value is -1.78. The first-order valence-electron chi connectivity index (χ1n) is 5.83. The molecule has 2 amide bonds. The number of hydrogen-bond acceptors (Lipinski definition) is 3. The van der Waals surface area contributed by atoms with E-state index in [0.717, 1.165) is 12.8 Å². The Labute approximate surface area is 101 Å². The highest BCUT2D eigenvalue weighted by Crippen LogP contribution is 2.08. The number of furan rings is 1. The molecule has 1 saturated heterocycles. The minimum atomic E-state index is -0.224. The lowest BCUT2D eigenvalue weighted by molar-refractivity contribution is -0.117. The zero-order valence-corrected chi connectivity index (χ0v) is 10.2. The van der Waals surface area contributed by atoms with Crippen molar-refractivity contribution in [1.82, 2.24) is 10.2 Å². The second-order valence-corrected chi connectivity index (χ2v) is 3.54. The number of amides is 2. The topological polar surface area (TPSA) is 62.6 Å². The molecule has 1 aliphatic rings. The van der Waals surface area contributed by atoms with Gasteiger partial charge in [-0.2, -0.15) is 0 Å². The van der Waals surface area contributed by atoms with Crippen LogP contribution in [0, 0.1) is 0 Å². The molecule has 1 aromatic heterocycles. The van der Waals surface area contributed by atoms with Gasteiger partial charge in [-0.15, -0.1) is 0 Å². The molecule has 5 heteroatoms. The lowest BCUT2D eigenvalue weighted by Gasteiger charge is -2.11. The molecular weight excluding hydrogens is 220 g/mol. The second-order valence-electron chi connectivity index (χ2n) is 3.54. The van der Waals surface area contributed by atoms with Crippen molar-refractivity contribution < 1.29 is 14.0 Å². The fourth-order valence-electron chi connectivity index (χ4n) is 1.67. The fourth-order valence-corrected chi connectivity index (χ4v) is 1.67. The molecule has 1 aliphatic heterocycles. The third-order valence-corrected chi connectivity index (χ3v) is 2.45. The van der Waals surface area contributed by atoms with Crippen LogP contribution in [-0.4, -0.2) is 36.3 Å². The van der Waals surface area contributed by atoms with E-state index >= 15 is 0 Å². The Kier molecular flexibility index (Phi) is 5.26. The van der Waals surface area contributed by atoms with Crippen molar-refractivity contribution in [2.24, 2.45) is 0 Å². The predicted octanol–water partition coefficient (Wildman–Crippen LogP) is 1.27. The fraction of sp³-hybridized carbons (Fsp3) is 0.500. The molecule has 1 fully saturated rings. The van der Waals surface area contributed by atoms with Gasteiger partial charge in [-0.1, -0.05) is 13.8 Å². The molecule has 1 unspecified atom stereocenters. The van der Waals surface area contributed by atoms with Crippen LogP contribution in [0.2, 0.25) is 0 Å². The molecular formula is C12H18N2O3. The molecule has 1 aromatic rings. The van der Waals surface area contributed by atoms with Gasteiger partial charge >= 0.3 is 0 Å². The van der Waals surface area contributed by atoms with Gasteiger partial charge in [-0.05, 0) is 18.6 Å². The average Bonchev–Trinajstić information content (AvgIpc) is 3.02. The minimum absolute atomic E-state index is 0.0350. The number of nitrogens with one attached hydrogen (secondary N) is 1. The van der Waals surface area contributed by atoms with Crippen LogP contribution in [0.4, 0.5) is 0 Å². The SMILES string of the molecule is CC.O=CN1CCC(NC(=O)c2ccco2)C1. The second kappa shape index (κ2) is 6.73. The highest BCUT2D eigenvalue weighted by atomic mass is 16.3. The predicted molar refractivity (Wildman–Crippen MR) is 63.6 cm³/mol. The summed E-state index contributed by atoms with van der Waals surface area (Å²) < 4.78 is 4.96. The van der Waals surface area contributed by atoms with Crippen LogP contribution in [0.15, 0.2) is 22.8 Å². The zero-order chi connectivity index (χ0) is 12.7. The molecule has 17 heavy (non-hydrogen) atoms. The Balaban J connectivity index is 0.000000686. The number of likely N-dealkylation sites (tertiary alicyclic amines) is 1. The van der Waals surface area contributed by atoms with Crippen LogP contribution in [0.5, 0.6) is 0 Å². The summed E-state index contributed by atoms with van der Waals surface area (Å²) in [7, 11) is 0. The lowest BCUT2D eigenvalue weighted by Crippen LogP contribution is -2.36. The number of nitrogens with zero attached hydrogens (tertiary/aromatic N) is 1. The van der Waals surface area contributed by atoms with Crippen molar-refractivity contribution in [2.75, 3.05) is 13.1 Å². The van der Waals surface area contributed by atoms with Gasteiger partial charge in [-0.25, -0.2) is 0 Å². The van der Waals surface area contributed by atoms with Crippen LogP contribution < -0.4 is 5.32 Å². The average molecular weight is 238 g/mol. The molecule has 1 N–H and O–H groups in total. The maximum Gasteiger partial charge on any atom is 0.287 e. The summed E-state index contributed by atoms with van der Waals surface area (Å²) in [6.45, 7) is 5.28. The molecule has 0 bridgehead atoms. The molecule has 2 rings (SSSR count). The van der Waals surface area contributed by atoms with E-state index in [9.17, 15) is 9.59 Å². The molecule has 2 heterocycles. The molecule has 94 valence electrons. The largest absolute Gasteiger partial charge is 0.459 e. The molecule has 0 aliphatic carbocycles. The Morgan fingerprint density at radius 2 is 2.35 bits per heavy atom. The van der Waals surface area contributed by atoms with Gasteiger partial charge in [0.2, 0.25) is 6.41 Å². The normalized spacial score (nSPS) is 18.2. The lowest BCUT2D eigenvalue weighted by atomic mass is 10.2. The van der Waals surface area contributed by atoms with Gasteiger partial charge in [0.1, 0.15) is 0 Å². The van der Waals surface area contributed by atoms with Crippen molar-refractivity contribution in [3.05, 3.63) is 24.2 Å². The van der Waals surface area contributed by atoms with Crippen LogP contribution in [0.3, 0.4) is 0 Å². The number of carbonyl (C=O) groups excluding carboxylic acids is 2. The van der Waals surface area contributed by atoms with E-state index in [1.54, 1.807) is 17.0 Å². The first-order chi connectivity index (χ1) is 8.29. The summed E-state index contributed by atoms with van der Waals surface area (Å²) in [5.41, 5.74) is 0. The van der Waals surface area contributed by atoms with E-state index in [-0.39, 0.29) is 11.9 Å². The third-order valence-electron chi connectivity index (χ3n) is 2.45. The van der Waals surface area contributed by atoms with Crippen LogP contribution in [0.1, 0.15) is 30.8 Å². The van der Waals surface area contributed by atoms with Gasteiger partial charge < -0.3 is 14.6 Å². The first-order valence-corrected chi connectivity index (χ1v) is 5.83. The molecule has 0 aromatic carbocycles. The summed E-state index contributed by atoms with van der Waals surface area (Å²) in [5.74, 6) is 0.0808. The van der Waals surface area contributed by atoms with Crippen molar-refractivity contribution >= 4 is 12.3 Å². The number of rotatable bonds is 3. The van der Waals surface area contributed by atoms with E-state index in [0.29, 0.717) is 18.8 Å². The summed E-state index contributed by atoms with van der Waals surface area (Å²) in [6, 6.07) is 3.32. The Morgan fingerprint density at radius 3 is 2.88 bits per heavy atom. The smallest absolute Gasteiger partial charge is 0.287 e. The zero-order valence-electron chi connectivity index (χ0n) is 10.2. The van der Waals surface area contributed by atoms with E-state index in [2.05, 4.69) is 5.32 Å². The number of carbonyl (C=O) groups is 2. The van der Waals surface area contributed by atoms with Gasteiger partial charge in [-0.3, -0.25) is 9.59 Å². The van der Waals surface area contributed by atoms with Crippen LogP contribution in [0.25, 0.3) is 0 Å². The van der Waals surface area contributed by atoms with Crippen LogP contribution >= 0.6 is 0 Å². The van der Waals surface area contributed by atoms with Gasteiger partial charge in [0.15, 0.2) is 5.76 Å².